The Kier molecular flexibility index (Phi) is 4.52. The van der Waals surface area contributed by atoms with Gasteiger partial charge in [0.25, 0.3) is 5.56 Å². The summed E-state index contributed by atoms with van der Waals surface area (Å²) in [5, 5.41) is 8.93. The first-order valence-electron chi connectivity index (χ1n) is 8.69. The largest absolute Gasteiger partial charge is 0.486 e. The minimum atomic E-state index is -0.291. The molecule has 142 valence electrons. The number of carbonyl (C=O) groups is 1. The van der Waals surface area contributed by atoms with Crippen LogP contribution >= 0.6 is 0 Å². The van der Waals surface area contributed by atoms with Crippen LogP contribution in [0.4, 0.5) is 0 Å². The van der Waals surface area contributed by atoms with Crippen molar-refractivity contribution in [3.63, 3.8) is 0 Å². The van der Waals surface area contributed by atoms with Crippen LogP contribution in [-0.2, 0) is 29.6 Å². The van der Waals surface area contributed by atoms with Gasteiger partial charge < -0.3 is 9.47 Å². The lowest BCUT2D eigenvalue weighted by molar-refractivity contribution is -0.139. The van der Waals surface area contributed by atoms with Crippen molar-refractivity contribution in [2.24, 2.45) is 7.05 Å². The highest BCUT2D eigenvalue weighted by Crippen LogP contribution is 2.17. The summed E-state index contributed by atoms with van der Waals surface area (Å²) in [7, 11) is 3.03. The Morgan fingerprint density at radius 2 is 1.82 bits per heavy atom. The first-order valence-corrected chi connectivity index (χ1v) is 8.69. The van der Waals surface area contributed by atoms with E-state index >= 15 is 0 Å². The number of fused-ring (bicyclic) bond motifs is 3. The number of carbonyl (C=O) groups excluding carboxylic acids is 1. The monoisotopic (exact) mass is 378 g/mol. The van der Waals surface area contributed by atoms with E-state index in [9.17, 15) is 9.59 Å². The van der Waals surface area contributed by atoms with E-state index in [1.54, 1.807) is 25.2 Å². The lowest BCUT2D eigenvalue weighted by atomic mass is 10.1. The topological polar surface area (TPSA) is 87.7 Å². The van der Waals surface area contributed by atoms with Gasteiger partial charge in [0.15, 0.2) is 5.82 Å². The predicted octanol–water partition coefficient (Wildman–Crippen LogP) is 1.88. The molecule has 0 saturated heterocycles. The Bertz CT molecular complexity index is 1220. The standard InChI is InChI=1S/C20H18N4O4/c1-23-19(26)15-5-3-4-6-16(15)24-17(21-22-20(23)24)12-28-14-9-7-13(8-10-14)11-18(25)27-2/h3-10H,11-12H2,1-2H3. The molecule has 0 spiro atoms. The van der Waals surface area contributed by atoms with Gasteiger partial charge in [-0.25, -0.2) is 0 Å². The number of para-hydroxylation sites is 1. The van der Waals surface area contributed by atoms with Gasteiger partial charge in [0.05, 0.1) is 24.4 Å². The molecule has 0 fully saturated rings. The van der Waals surface area contributed by atoms with Crippen molar-refractivity contribution in [1.82, 2.24) is 19.2 Å². The minimum Gasteiger partial charge on any atom is -0.486 e. The molecule has 2 aromatic carbocycles. The van der Waals surface area contributed by atoms with Crippen LogP contribution in [0.25, 0.3) is 16.7 Å². The number of nitrogens with zero attached hydrogens (tertiary/aromatic N) is 4. The number of hydrogen-bond donors (Lipinski definition) is 0. The first-order chi connectivity index (χ1) is 13.6. The molecule has 8 heteroatoms. The Morgan fingerprint density at radius 3 is 2.57 bits per heavy atom. The van der Waals surface area contributed by atoms with Crippen molar-refractivity contribution < 1.29 is 14.3 Å². The van der Waals surface area contributed by atoms with Gasteiger partial charge in [-0.05, 0) is 29.8 Å². The van der Waals surface area contributed by atoms with E-state index in [4.69, 9.17) is 4.74 Å². The van der Waals surface area contributed by atoms with Crippen molar-refractivity contribution in [1.29, 1.82) is 0 Å². The molecule has 0 aliphatic heterocycles. The van der Waals surface area contributed by atoms with E-state index < -0.39 is 0 Å². The zero-order valence-electron chi connectivity index (χ0n) is 15.5. The Labute approximate surface area is 160 Å². The third-order valence-corrected chi connectivity index (χ3v) is 4.56. The van der Waals surface area contributed by atoms with Crippen LogP contribution in [0, 0.1) is 0 Å². The Balaban J connectivity index is 1.62. The van der Waals surface area contributed by atoms with E-state index in [-0.39, 0.29) is 24.6 Å². The van der Waals surface area contributed by atoms with Crippen LogP contribution in [0.1, 0.15) is 11.4 Å². The fourth-order valence-corrected chi connectivity index (χ4v) is 3.08. The summed E-state index contributed by atoms with van der Waals surface area (Å²) in [5.74, 6) is 1.39. The van der Waals surface area contributed by atoms with E-state index in [1.165, 1.54) is 11.7 Å². The van der Waals surface area contributed by atoms with Crippen molar-refractivity contribution >= 4 is 22.6 Å². The Morgan fingerprint density at radius 1 is 1.07 bits per heavy atom. The maximum absolute atomic E-state index is 12.5. The maximum Gasteiger partial charge on any atom is 0.309 e. The van der Waals surface area contributed by atoms with Crippen LogP contribution < -0.4 is 10.3 Å². The molecular weight excluding hydrogens is 360 g/mol. The highest BCUT2D eigenvalue weighted by molar-refractivity contribution is 5.80. The number of methoxy groups -OCH3 is 1. The van der Waals surface area contributed by atoms with Crippen molar-refractivity contribution in [2.75, 3.05) is 7.11 Å². The number of benzene rings is 2. The second-order valence-corrected chi connectivity index (χ2v) is 6.32. The van der Waals surface area contributed by atoms with Crippen LogP contribution in [0.15, 0.2) is 53.3 Å². The summed E-state index contributed by atoms with van der Waals surface area (Å²) < 4.78 is 13.8. The molecule has 0 bridgehead atoms. The van der Waals surface area contributed by atoms with E-state index in [2.05, 4.69) is 14.9 Å². The lowest BCUT2D eigenvalue weighted by Gasteiger charge is -2.09. The van der Waals surface area contributed by atoms with Gasteiger partial charge in [0.1, 0.15) is 12.4 Å². The molecule has 8 nitrogen and oxygen atoms in total. The molecule has 0 unspecified atom stereocenters. The quantitative estimate of drug-likeness (QED) is 0.493. The van der Waals surface area contributed by atoms with Crippen molar-refractivity contribution in [3.8, 4) is 5.75 Å². The molecule has 0 N–H and O–H groups in total. The van der Waals surface area contributed by atoms with Crippen molar-refractivity contribution in [2.45, 2.75) is 13.0 Å². The SMILES string of the molecule is COC(=O)Cc1ccc(OCc2nnc3n(C)c(=O)c4ccccc4n23)cc1. The van der Waals surface area contributed by atoms with Gasteiger partial charge in [0.2, 0.25) is 5.78 Å². The zero-order valence-corrected chi connectivity index (χ0v) is 15.5. The number of esters is 1. The number of hydrogen-bond acceptors (Lipinski definition) is 6. The summed E-state index contributed by atoms with van der Waals surface area (Å²) >= 11 is 0. The van der Waals surface area contributed by atoms with Crippen LogP contribution in [-0.4, -0.2) is 32.2 Å². The fourth-order valence-electron chi connectivity index (χ4n) is 3.08. The number of rotatable bonds is 5. The molecule has 0 aliphatic rings. The lowest BCUT2D eigenvalue weighted by Crippen LogP contribution is -2.20. The molecular formula is C20H18N4O4. The second-order valence-electron chi connectivity index (χ2n) is 6.32. The van der Waals surface area contributed by atoms with Gasteiger partial charge >= 0.3 is 5.97 Å². The molecule has 2 aromatic heterocycles. The molecule has 28 heavy (non-hydrogen) atoms. The molecule has 0 radical (unpaired) electrons. The van der Waals surface area contributed by atoms with Crippen LogP contribution in [0.5, 0.6) is 5.75 Å². The highest BCUT2D eigenvalue weighted by Gasteiger charge is 2.14. The van der Waals surface area contributed by atoms with Gasteiger partial charge in [-0.2, -0.15) is 0 Å². The summed E-state index contributed by atoms with van der Waals surface area (Å²) in [4.78, 5) is 23.8. The molecule has 0 aliphatic carbocycles. The van der Waals surface area contributed by atoms with Crippen LogP contribution in [0.2, 0.25) is 0 Å². The third kappa shape index (κ3) is 3.09. The molecule has 4 rings (SSSR count). The minimum absolute atomic E-state index is 0.121. The summed E-state index contributed by atoms with van der Waals surface area (Å²) in [5.41, 5.74) is 1.45. The Hall–Kier alpha value is -3.68. The molecule has 4 aromatic rings. The summed E-state index contributed by atoms with van der Waals surface area (Å²) in [6.07, 6.45) is 0.214. The van der Waals surface area contributed by atoms with Gasteiger partial charge in [-0.15, -0.1) is 10.2 Å². The average molecular weight is 378 g/mol. The molecule has 2 heterocycles. The molecule has 0 amide bonds. The number of aromatic nitrogens is 4. The summed E-state index contributed by atoms with van der Waals surface area (Å²) in [6, 6.07) is 14.5. The normalized spacial score (nSPS) is 11.1. The van der Waals surface area contributed by atoms with E-state index in [1.807, 2.05) is 34.7 Å². The predicted molar refractivity (Wildman–Crippen MR) is 102 cm³/mol. The van der Waals surface area contributed by atoms with E-state index in [0.717, 1.165) is 11.1 Å². The molecule has 0 saturated carbocycles. The molecule has 0 atom stereocenters. The summed E-state index contributed by atoms with van der Waals surface area (Å²) in [6.45, 7) is 0.180. The van der Waals surface area contributed by atoms with Crippen LogP contribution in [0.3, 0.4) is 0 Å². The van der Waals surface area contributed by atoms with Gasteiger partial charge in [-0.3, -0.25) is 18.6 Å². The van der Waals surface area contributed by atoms with Gasteiger partial charge in [-0.1, -0.05) is 24.3 Å². The van der Waals surface area contributed by atoms with E-state index in [0.29, 0.717) is 22.7 Å². The van der Waals surface area contributed by atoms with Crippen molar-refractivity contribution in [3.05, 3.63) is 70.3 Å². The number of ether oxygens (including phenoxy) is 2. The smallest absolute Gasteiger partial charge is 0.309 e. The zero-order chi connectivity index (χ0) is 19.7. The fraction of sp³-hybridized carbons (Fsp3) is 0.200. The third-order valence-electron chi connectivity index (χ3n) is 4.56. The number of aryl methyl sites for hydroxylation is 1. The average Bonchev–Trinajstić information content (AvgIpc) is 3.15. The second kappa shape index (κ2) is 7.15. The maximum atomic E-state index is 12.5. The first kappa shape index (κ1) is 17.7. The van der Waals surface area contributed by atoms with Gasteiger partial charge in [0, 0.05) is 7.05 Å². The highest BCUT2D eigenvalue weighted by atomic mass is 16.5.